The summed E-state index contributed by atoms with van der Waals surface area (Å²) >= 11 is 8.41. The summed E-state index contributed by atoms with van der Waals surface area (Å²) in [6.45, 7) is 0.641. The van der Waals surface area contributed by atoms with E-state index in [1.807, 2.05) is 30.3 Å². The van der Waals surface area contributed by atoms with E-state index in [1.165, 1.54) is 6.07 Å². The van der Waals surface area contributed by atoms with Gasteiger partial charge in [0.05, 0.1) is 10.7 Å². The topological polar surface area (TPSA) is 27.6 Å². The van der Waals surface area contributed by atoms with Crippen molar-refractivity contribution in [1.29, 1.82) is 0 Å². The molecule has 0 heterocycles. The fourth-order valence-corrected chi connectivity index (χ4v) is 2.20. The maximum atomic E-state index is 13.2. The standard InChI is InChI=1S/C16H15BrFN3S/c1-21(16(22)19-10-12-5-3-2-4-6-12)20-11-13-7-8-15(18)14(17)9-13/h2-9,11H,10H2,1H3,(H,19,22)/b20-11-. The Morgan fingerprint density at radius 2 is 2.05 bits per heavy atom. The third-order valence-electron chi connectivity index (χ3n) is 2.90. The Balaban J connectivity index is 1.90. The summed E-state index contributed by atoms with van der Waals surface area (Å²) in [5.74, 6) is -0.300. The zero-order valence-electron chi connectivity index (χ0n) is 12.0. The number of hydrazone groups is 1. The third kappa shape index (κ3) is 4.89. The number of nitrogens with one attached hydrogen (secondary N) is 1. The van der Waals surface area contributed by atoms with Crippen LogP contribution in [0, 0.1) is 5.82 Å². The molecular weight excluding hydrogens is 365 g/mol. The predicted octanol–water partition coefficient (Wildman–Crippen LogP) is 3.93. The molecule has 2 rings (SSSR count). The molecule has 0 aliphatic carbocycles. The Labute approximate surface area is 143 Å². The van der Waals surface area contributed by atoms with Crippen molar-refractivity contribution >= 4 is 39.5 Å². The van der Waals surface area contributed by atoms with Crippen LogP contribution in [0.5, 0.6) is 0 Å². The Kier molecular flexibility index (Phi) is 6.03. The highest BCUT2D eigenvalue weighted by atomic mass is 79.9. The van der Waals surface area contributed by atoms with Crippen molar-refractivity contribution in [3.63, 3.8) is 0 Å². The minimum Gasteiger partial charge on any atom is -0.357 e. The largest absolute Gasteiger partial charge is 0.357 e. The zero-order chi connectivity index (χ0) is 15.9. The first kappa shape index (κ1) is 16.6. The van der Waals surface area contributed by atoms with Crippen molar-refractivity contribution in [2.45, 2.75) is 6.54 Å². The van der Waals surface area contributed by atoms with Gasteiger partial charge >= 0.3 is 0 Å². The van der Waals surface area contributed by atoms with E-state index in [2.05, 4.69) is 26.3 Å². The second-order valence-corrected chi connectivity index (χ2v) is 5.83. The van der Waals surface area contributed by atoms with Crippen LogP contribution in [0.1, 0.15) is 11.1 Å². The van der Waals surface area contributed by atoms with Crippen molar-refractivity contribution in [3.8, 4) is 0 Å². The summed E-state index contributed by atoms with van der Waals surface area (Å²) in [7, 11) is 1.76. The number of halogens is 2. The van der Waals surface area contributed by atoms with Gasteiger partial charge in [0.2, 0.25) is 0 Å². The van der Waals surface area contributed by atoms with Gasteiger partial charge in [-0.2, -0.15) is 5.10 Å². The minimum atomic E-state index is -0.300. The van der Waals surface area contributed by atoms with E-state index in [1.54, 1.807) is 30.4 Å². The first-order valence-electron chi connectivity index (χ1n) is 6.61. The second-order valence-electron chi connectivity index (χ2n) is 4.59. The molecule has 1 N–H and O–H groups in total. The molecule has 0 fully saturated rings. The van der Waals surface area contributed by atoms with Crippen LogP contribution in [0.2, 0.25) is 0 Å². The molecule has 0 unspecified atom stereocenters. The van der Waals surface area contributed by atoms with Crippen molar-refractivity contribution in [3.05, 3.63) is 69.9 Å². The number of thiocarbonyl (C=S) groups is 1. The lowest BCUT2D eigenvalue weighted by Gasteiger charge is -2.15. The number of rotatable bonds is 4. The van der Waals surface area contributed by atoms with Crippen LogP contribution in [0.25, 0.3) is 0 Å². The highest BCUT2D eigenvalue weighted by Gasteiger charge is 2.02. The van der Waals surface area contributed by atoms with E-state index >= 15 is 0 Å². The Bertz CT molecular complexity index is 676. The number of benzene rings is 2. The van der Waals surface area contributed by atoms with Gasteiger partial charge in [-0.1, -0.05) is 36.4 Å². The van der Waals surface area contributed by atoms with E-state index in [-0.39, 0.29) is 5.82 Å². The van der Waals surface area contributed by atoms with Gasteiger partial charge in [0, 0.05) is 13.6 Å². The van der Waals surface area contributed by atoms with Crippen molar-refractivity contribution < 1.29 is 4.39 Å². The molecule has 0 aliphatic rings. The van der Waals surface area contributed by atoms with E-state index < -0.39 is 0 Å². The number of nitrogens with zero attached hydrogens (tertiary/aromatic N) is 2. The van der Waals surface area contributed by atoms with Gasteiger partial charge in [0.25, 0.3) is 0 Å². The van der Waals surface area contributed by atoms with Gasteiger partial charge in [-0.3, -0.25) is 0 Å². The van der Waals surface area contributed by atoms with Gasteiger partial charge in [0.1, 0.15) is 5.82 Å². The fourth-order valence-electron chi connectivity index (χ4n) is 1.69. The molecule has 0 aromatic heterocycles. The quantitative estimate of drug-likeness (QED) is 0.495. The summed E-state index contributed by atoms with van der Waals surface area (Å²) in [6, 6.07) is 14.7. The van der Waals surface area contributed by atoms with E-state index in [4.69, 9.17) is 12.2 Å². The van der Waals surface area contributed by atoms with Crippen LogP contribution < -0.4 is 5.32 Å². The Hall–Kier alpha value is -1.79. The minimum absolute atomic E-state index is 0.300. The summed E-state index contributed by atoms with van der Waals surface area (Å²) in [4.78, 5) is 0. The van der Waals surface area contributed by atoms with Gasteiger partial charge in [-0.05, 0) is 51.4 Å². The van der Waals surface area contributed by atoms with E-state index in [0.717, 1.165) is 11.1 Å². The Morgan fingerprint density at radius 1 is 1.32 bits per heavy atom. The molecule has 2 aromatic carbocycles. The maximum Gasteiger partial charge on any atom is 0.189 e. The first-order valence-corrected chi connectivity index (χ1v) is 7.81. The van der Waals surface area contributed by atoms with Crippen LogP contribution in [0.15, 0.2) is 58.1 Å². The molecular formula is C16H15BrFN3S. The van der Waals surface area contributed by atoms with Crippen molar-refractivity contribution in [1.82, 2.24) is 10.3 Å². The van der Waals surface area contributed by atoms with Crippen LogP contribution in [-0.2, 0) is 6.54 Å². The molecule has 0 saturated heterocycles. The number of hydrogen-bond donors (Lipinski definition) is 1. The average Bonchev–Trinajstić information content (AvgIpc) is 2.54. The third-order valence-corrected chi connectivity index (χ3v) is 3.92. The molecule has 0 aliphatic heterocycles. The molecule has 6 heteroatoms. The molecule has 3 nitrogen and oxygen atoms in total. The van der Waals surface area contributed by atoms with E-state index in [9.17, 15) is 4.39 Å². The monoisotopic (exact) mass is 379 g/mol. The molecule has 22 heavy (non-hydrogen) atoms. The summed E-state index contributed by atoms with van der Waals surface area (Å²) < 4.78 is 13.6. The summed E-state index contributed by atoms with van der Waals surface area (Å²) in [6.07, 6.45) is 1.63. The molecule has 0 atom stereocenters. The van der Waals surface area contributed by atoms with Crippen LogP contribution in [0.4, 0.5) is 4.39 Å². The molecule has 0 radical (unpaired) electrons. The molecule has 2 aromatic rings. The van der Waals surface area contributed by atoms with Gasteiger partial charge in [0.15, 0.2) is 5.11 Å². The van der Waals surface area contributed by atoms with Crippen LogP contribution in [0.3, 0.4) is 0 Å². The first-order chi connectivity index (χ1) is 10.6. The average molecular weight is 380 g/mol. The summed E-state index contributed by atoms with van der Waals surface area (Å²) in [5.41, 5.74) is 1.93. The van der Waals surface area contributed by atoms with Crippen LogP contribution in [-0.4, -0.2) is 23.4 Å². The van der Waals surface area contributed by atoms with Crippen molar-refractivity contribution in [2.24, 2.45) is 5.10 Å². The smallest absolute Gasteiger partial charge is 0.189 e. The van der Waals surface area contributed by atoms with E-state index in [0.29, 0.717) is 16.1 Å². The molecule has 0 bridgehead atoms. The van der Waals surface area contributed by atoms with Gasteiger partial charge < -0.3 is 5.32 Å². The highest BCUT2D eigenvalue weighted by molar-refractivity contribution is 9.10. The molecule has 0 spiro atoms. The zero-order valence-corrected chi connectivity index (χ0v) is 14.4. The van der Waals surface area contributed by atoms with Crippen LogP contribution >= 0.6 is 28.1 Å². The lowest BCUT2D eigenvalue weighted by Crippen LogP contribution is -2.33. The molecule has 0 amide bonds. The second kappa shape index (κ2) is 8.00. The van der Waals surface area contributed by atoms with Gasteiger partial charge in [-0.15, -0.1) is 0 Å². The van der Waals surface area contributed by atoms with Gasteiger partial charge in [-0.25, -0.2) is 9.40 Å². The Morgan fingerprint density at radius 3 is 2.73 bits per heavy atom. The van der Waals surface area contributed by atoms with Crippen molar-refractivity contribution in [2.75, 3.05) is 7.05 Å². The molecule has 0 saturated carbocycles. The number of hydrogen-bond acceptors (Lipinski definition) is 2. The SMILES string of the molecule is CN(/N=C\c1ccc(F)c(Br)c1)C(=S)NCc1ccccc1. The fraction of sp³-hybridized carbons (Fsp3) is 0.125. The summed E-state index contributed by atoms with van der Waals surface area (Å²) in [5, 5.41) is 9.45. The lowest BCUT2D eigenvalue weighted by atomic mass is 10.2. The lowest BCUT2D eigenvalue weighted by molar-refractivity contribution is 0.532. The maximum absolute atomic E-state index is 13.2. The highest BCUT2D eigenvalue weighted by Crippen LogP contribution is 2.15. The molecule has 114 valence electrons. The normalized spacial score (nSPS) is 10.7. The predicted molar refractivity (Wildman–Crippen MR) is 95.3 cm³/mol.